The zero-order chi connectivity index (χ0) is 19.1. The molecule has 5 nitrogen and oxygen atoms in total. The zero-order valence-corrected chi connectivity index (χ0v) is 14.5. The van der Waals surface area contributed by atoms with E-state index in [1.54, 1.807) is 12.1 Å². The molecule has 0 unspecified atom stereocenters. The molecule has 0 spiro atoms. The summed E-state index contributed by atoms with van der Waals surface area (Å²) in [4.78, 5) is 24.1. The Morgan fingerprint density at radius 1 is 0.778 bits per heavy atom. The van der Waals surface area contributed by atoms with E-state index in [-0.39, 0.29) is 23.7 Å². The highest BCUT2D eigenvalue weighted by Gasteiger charge is 2.13. The second kappa shape index (κ2) is 8.67. The molecule has 27 heavy (non-hydrogen) atoms. The summed E-state index contributed by atoms with van der Waals surface area (Å²) in [6, 6.07) is 21.9. The van der Waals surface area contributed by atoms with Crippen LogP contribution in [0.5, 0.6) is 11.5 Å². The Bertz CT molecular complexity index is 917. The van der Waals surface area contributed by atoms with Crippen molar-refractivity contribution < 1.29 is 24.2 Å². The SMILES string of the molecule is O=C(OCCc1ccccc1)c1ccc(OC(=O)c2ccccc2O)cc1. The van der Waals surface area contributed by atoms with Crippen LogP contribution in [0.25, 0.3) is 0 Å². The van der Waals surface area contributed by atoms with Gasteiger partial charge in [-0.05, 0) is 42.0 Å². The molecule has 3 rings (SSSR count). The third-order valence-electron chi connectivity index (χ3n) is 3.89. The molecule has 0 amide bonds. The monoisotopic (exact) mass is 362 g/mol. The number of hydrogen-bond acceptors (Lipinski definition) is 5. The number of ether oxygens (including phenoxy) is 2. The van der Waals surface area contributed by atoms with E-state index >= 15 is 0 Å². The Labute approximate surface area is 156 Å². The zero-order valence-electron chi connectivity index (χ0n) is 14.5. The summed E-state index contributed by atoms with van der Waals surface area (Å²) in [7, 11) is 0. The molecule has 0 saturated carbocycles. The number of hydrogen-bond donors (Lipinski definition) is 1. The van der Waals surface area contributed by atoms with Crippen LogP contribution in [0.1, 0.15) is 26.3 Å². The molecule has 1 N–H and O–H groups in total. The third kappa shape index (κ3) is 4.95. The van der Waals surface area contributed by atoms with E-state index in [0.29, 0.717) is 12.0 Å². The first-order valence-electron chi connectivity index (χ1n) is 8.45. The lowest BCUT2D eigenvalue weighted by Gasteiger charge is -2.07. The number of carbonyl (C=O) groups is 2. The van der Waals surface area contributed by atoms with Crippen molar-refractivity contribution in [2.24, 2.45) is 0 Å². The normalized spacial score (nSPS) is 10.2. The van der Waals surface area contributed by atoms with Gasteiger partial charge in [0.05, 0.1) is 12.2 Å². The first kappa shape index (κ1) is 18.2. The largest absolute Gasteiger partial charge is 0.507 e. The highest BCUT2D eigenvalue weighted by Crippen LogP contribution is 2.20. The lowest BCUT2D eigenvalue weighted by Crippen LogP contribution is -2.10. The predicted molar refractivity (Wildman–Crippen MR) is 99.9 cm³/mol. The van der Waals surface area contributed by atoms with Gasteiger partial charge in [-0.1, -0.05) is 42.5 Å². The number of phenols is 1. The van der Waals surface area contributed by atoms with Gasteiger partial charge in [-0.3, -0.25) is 0 Å². The maximum absolute atomic E-state index is 12.1. The lowest BCUT2D eigenvalue weighted by molar-refractivity contribution is 0.0509. The van der Waals surface area contributed by atoms with Crippen molar-refractivity contribution in [1.29, 1.82) is 0 Å². The number of esters is 2. The van der Waals surface area contributed by atoms with Gasteiger partial charge >= 0.3 is 11.9 Å². The molecule has 3 aromatic carbocycles. The molecule has 0 bridgehead atoms. The van der Waals surface area contributed by atoms with Gasteiger partial charge in [0.15, 0.2) is 0 Å². The topological polar surface area (TPSA) is 72.8 Å². The molecule has 136 valence electrons. The van der Waals surface area contributed by atoms with Crippen LogP contribution < -0.4 is 4.74 Å². The molecule has 0 radical (unpaired) electrons. The third-order valence-corrected chi connectivity index (χ3v) is 3.89. The summed E-state index contributed by atoms with van der Waals surface area (Å²) >= 11 is 0. The summed E-state index contributed by atoms with van der Waals surface area (Å²) in [6.07, 6.45) is 0.642. The van der Waals surface area contributed by atoms with E-state index in [0.717, 1.165) is 5.56 Å². The summed E-state index contributed by atoms with van der Waals surface area (Å²) in [5.74, 6) is -0.999. The van der Waals surface area contributed by atoms with Gasteiger partial charge in [-0.15, -0.1) is 0 Å². The highest BCUT2D eigenvalue weighted by atomic mass is 16.5. The van der Waals surface area contributed by atoms with Gasteiger partial charge in [0.2, 0.25) is 0 Å². The number of phenolic OH excluding ortho intramolecular Hbond substituents is 1. The molecule has 0 aromatic heterocycles. The summed E-state index contributed by atoms with van der Waals surface area (Å²) < 4.78 is 10.5. The lowest BCUT2D eigenvalue weighted by atomic mass is 10.2. The van der Waals surface area contributed by atoms with Crippen LogP contribution in [0.3, 0.4) is 0 Å². The van der Waals surface area contributed by atoms with E-state index in [9.17, 15) is 14.7 Å². The molecule has 3 aromatic rings. The van der Waals surface area contributed by atoms with Crippen molar-refractivity contribution >= 4 is 11.9 Å². The average molecular weight is 362 g/mol. The van der Waals surface area contributed by atoms with E-state index < -0.39 is 11.9 Å². The van der Waals surface area contributed by atoms with Crippen molar-refractivity contribution in [3.8, 4) is 11.5 Å². The number of carbonyl (C=O) groups excluding carboxylic acids is 2. The minimum atomic E-state index is -0.675. The molecule has 5 heteroatoms. The van der Waals surface area contributed by atoms with E-state index in [1.807, 2.05) is 30.3 Å². The second-order valence-corrected chi connectivity index (χ2v) is 5.80. The van der Waals surface area contributed by atoms with Gasteiger partial charge in [-0.2, -0.15) is 0 Å². The van der Waals surface area contributed by atoms with Crippen LogP contribution in [-0.4, -0.2) is 23.7 Å². The maximum atomic E-state index is 12.1. The fourth-order valence-electron chi connectivity index (χ4n) is 2.46. The Kier molecular flexibility index (Phi) is 5.84. The van der Waals surface area contributed by atoms with Gasteiger partial charge in [0.25, 0.3) is 0 Å². The van der Waals surface area contributed by atoms with Crippen molar-refractivity contribution in [2.75, 3.05) is 6.61 Å². The summed E-state index contributed by atoms with van der Waals surface area (Å²) in [5, 5.41) is 9.68. The molecular formula is C22H18O5. The highest BCUT2D eigenvalue weighted by molar-refractivity contribution is 5.94. The Morgan fingerprint density at radius 2 is 1.44 bits per heavy atom. The molecule has 0 aliphatic rings. The van der Waals surface area contributed by atoms with Crippen molar-refractivity contribution in [3.05, 3.63) is 95.6 Å². The Balaban J connectivity index is 1.54. The average Bonchev–Trinajstić information content (AvgIpc) is 2.69. The summed E-state index contributed by atoms with van der Waals surface area (Å²) in [5.41, 5.74) is 1.53. The van der Waals surface area contributed by atoms with Gasteiger partial charge < -0.3 is 14.6 Å². The van der Waals surface area contributed by atoms with Crippen LogP contribution >= 0.6 is 0 Å². The Morgan fingerprint density at radius 3 is 2.15 bits per heavy atom. The molecule has 0 heterocycles. The molecular weight excluding hydrogens is 344 g/mol. The molecule has 0 aliphatic carbocycles. The fourth-order valence-corrected chi connectivity index (χ4v) is 2.46. The summed E-state index contributed by atoms with van der Waals surface area (Å²) in [6.45, 7) is 0.285. The predicted octanol–water partition coefficient (Wildman–Crippen LogP) is 4.01. The quantitative estimate of drug-likeness (QED) is 0.530. The first-order valence-corrected chi connectivity index (χ1v) is 8.45. The minimum Gasteiger partial charge on any atom is -0.507 e. The van der Waals surface area contributed by atoms with Crippen LogP contribution in [0.15, 0.2) is 78.9 Å². The van der Waals surface area contributed by atoms with Gasteiger partial charge in [-0.25, -0.2) is 9.59 Å². The van der Waals surface area contributed by atoms with Gasteiger partial charge in [0, 0.05) is 6.42 Å². The Hall–Kier alpha value is -3.60. The second-order valence-electron chi connectivity index (χ2n) is 5.80. The van der Waals surface area contributed by atoms with Crippen LogP contribution in [0, 0.1) is 0 Å². The number of para-hydroxylation sites is 1. The molecule has 0 atom stereocenters. The fraction of sp³-hybridized carbons (Fsp3) is 0.0909. The molecule has 0 aliphatic heterocycles. The van der Waals surface area contributed by atoms with Crippen LogP contribution in [0.4, 0.5) is 0 Å². The van der Waals surface area contributed by atoms with Crippen molar-refractivity contribution in [1.82, 2.24) is 0 Å². The number of aromatic hydroxyl groups is 1. The van der Waals surface area contributed by atoms with Crippen LogP contribution in [-0.2, 0) is 11.2 Å². The first-order chi connectivity index (χ1) is 13.1. The van der Waals surface area contributed by atoms with Crippen LogP contribution in [0.2, 0.25) is 0 Å². The smallest absolute Gasteiger partial charge is 0.347 e. The minimum absolute atomic E-state index is 0.0712. The molecule has 0 fully saturated rings. The van der Waals surface area contributed by atoms with E-state index in [2.05, 4.69) is 0 Å². The van der Waals surface area contributed by atoms with Gasteiger partial charge in [0.1, 0.15) is 17.1 Å². The van der Waals surface area contributed by atoms with E-state index in [4.69, 9.17) is 9.47 Å². The van der Waals surface area contributed by atoms with Crippen molar-refractivity contribution in [3.63, 3.8) is 0 Å². The van der Waals surface area contributed by atoms with Crippen molar-refractivity contribution in [2.45, 2.75) is 6.42 Å². The standard InChI is InChI=1S/C22H18O5/c23-20-9-5-4-8-19(20)22(25)27-18-12-10-17(11-13-18)21(24)26-15-14-16-6-2-1-3-7-16/h1-13,23H,14-15H2. The maximum Gasteiger partial charge on any atom is 0.347 e. The number of rotatable bonds is 6. The number of benzene rings is 3. The van der Waals surface area contributed by atoms with E-state index in [1.165, 1.54) is 36.4 Å². The molecule has 0 saturated heterocycles.